The highest BCUT2D eigenvalue weighted by Gasteiger charge is 2.22. The fourth-order valence-electron chi connectivity index (χ4n) is 2.57. The van der Waals surface area contributed by atoms with E-state index in [1.54, 1.807) is 0 Å². The lowest BCUT2D eigenvalue weighted by Gasteiger charge is -2.00. The van der Waals surface area contributed by atoms with Gasteiger partial charge in [-0.2, -0.15) is 0 Å². The van der Waals surface area contributed by atoms with Crippen LogP contribution in [0.5, 0.6) is 0 Å². The van der Waals surface area contributed by atoms with Gasteiger partial charge in [0.25, 0.3) is 0 Å². The van der Waals surface area contributed by atoms with Gasteiger partial charge < -0.3 is 10.2 Å². The van der Waals surface area contributed by atoms with Crippen molar-refractivity contribution in [3.8, 4) is 0 Å². The van der Waals surface area contributed by atoms with Gasteiger partial charge in [0.1, 0.15) is 5.52 Å². The average Bonchev–Trinajstić information content (AvgIpc) is 2.82. The molecule has 2 N–H and O–H groups in total. The number of hydrogen-bond acceptors (Lipinski definition) is 3. The summed E-state index contributed by atoms with van der Waals surface area (Å²) in [5.41, 5.74) is 9.43. The third-order valence-corrected chi connectivity index (χ3v) is 3.38. The number of aromatic nitrogens is 1. The molecule has 3 rings (SSSR count). The highest BCUT2D eigenvalue weighted by Crippen LogP contribution is 2.36. The number of nitrogens with two attached hydrogens (primary N) is 1. The molecule has 3 heteroatoms. The van der Waals surface area contributed by atoms with Gasteiger partial charge in [-0.05, 0) is 37.5 Å². The van der Waals surface area contributed by atoms with Crippen LogP contribution in [-0.2, 0) is 0 Å². The molecule has 0 aliphatic heterocycles. The summed E-state index contributed by atoms with van der Waals surface area (Å²) >= 11 is 0. The van der Waals surface area contributed by atoms with Crippen molar-refractivity contribution in [1.82, 2.24) is 4.98 Å². The lowest BCUT2D eigenvalue weighted by atomic mass is 10.1. The van der Waals surface area contributed by atoms with Gasteiger partial charge in [0.05, 0.1) is 5.69 Å². The van der Waals surface area contributed by atoms with Crippen molar-refractivity contribution in [3.05, 3.63) is 23.6 Å². The number of benzene rings is 1. The molecule has 1 aromatic heterocycles. The maximum atomic E-state index is 5.94. The maximum Gasteiger partial charge on any atom is 0.198 e. The average molecular weight is 216 g/mol. The monoisotopic (exact) mass is 216 g/mol. The van der Waals surface area contributed by atoms with Crippen molar-refractivity contribution in [2.24, 2.45) is 0 Å². The molecule has 1 aliphatic rings. The van der Waals surface area contributed by atoms with Crippen LogP contribution in [0.25, 0.3) is 11.1 Å². The zero-order valence-electron chi connectivity index (χ0n) is 9.49. The fraction of sp³-hybridized carbons (Fsp3) is 0.462. The Bertz CT molecular complexity index is 524. The van der Waals surface area contributed by atoms with Gasteiger partial charge in [-0.1, -0.05) is 12.8 Å². The summed E-state index contributed by atoms with van der Waals surface area (Å²) in [6.07, 6.45) is 4.98. The number of oxazole rings is 1. The van der Waals surface area contributed by atoms with Gasteiger partial charge in [0.15, 0.2) is 11.5 Å². The molecule has 0 amide bonds. The molecule has 0 radical (unpaired) electrons. The van der Waals surface area contributed by atoms with E-state index < -0.39 is 0 Å². The van der Waals surface area contributed by atoms with Crippen LogP contribution in [0.1, 0.15) is 43.1 Å². The van der Waals surface area contributed by atoms with Gasteiger partial charge in [-0.25, -0.2) is 4.98 Å². The number of aryl methyl sites for hydroxylation is 1. The van der Waals surface area contributed by atoms with Crippen LogP contribution in [0.4, 0.5) is 5.69 Å². The van der Waals surface area contributed by atoms with E-state index in [1.165, 1.54) is 25.7 Å². The van der Waals surface area contributed by atoms with Gasteiger partial charge in [-0.15, -0.1) is 0 Å². The van der Waals surface area contributed by atoms with Crippen molar-refractivity contribution in [3.63, 3.8) is 0 Å². The molecule has 0 saturated heterocycles. The number of nitrogens with zero attached hydrogens (tertiary/aromatic N) is 1. The Balaban J connectivity index is 2.11. The van der Waals surface area contributed by atoms with E-state index in [2.05, 4.69) is 4.98 Å². The quantitative estimate of drug-likeness (QED) is 0.743. The molecule has 1 fully saturated rings. The van der Waals surface area contributed by atoms with Crippen LogP contribution in [-0.4, -0.2) is 4.98 Å². The molecule has 1 aromatic carbocycles. The fourth-order valence-corrected chi connectivity index (χ4v) is 2.57. The first-order chi connectivity index (χ1) is 7.74. The van der Waals surface area contributed by atoms with E-state index >= 15 is 0 Å². The minimum atomic E-state index is 0.507. The normalized spacial score (nSPS) is 17.3. The van der Waals surface area contributed by atoms with Crippen LogP contribution in [0.2, 0.25) is 0 Å². The van der Waals surface area contributed by atoms with E-state index in [4.69, 9.17) is 10.2 Å². The minimum absolute atomic E-state index is 0.507. The molecule has 3 nitrogen and oxygen atoms in total. The number of rotatable bonds is 1. The predicted molar refractivity (Wildman–Crippen MR) is 64.4 cm³/mol. The third-order valence-electron chi connectivity index (χ3n) is 3.38. The highest BCUT2D eigenvalue weighted by atomic mass is 16.3. The Morgan fingerprint density at radius 2 is 2.06 bits per heavy atom. The molecule has 84 valence electrons. The van der Waals surface area contributed by atoms with Crippen LogP contribution in [0, 0.1) is 6.92 Å². The molecule has 2 aromatic rings. The Morgan fingerprint density at radius 3 is 2.81 bits per heavy atom. The second-order valence-electron chi connectivity index (χ2n) is 4.74. The summed E-state index contributed by atoms with van der Waals surface area (Å²) < 4.78 is 5.80. The van der Waals surface area contributed by atoms with Crippen LogP contribution >= 0.6 is 0 Å². The number of hydrogen-bond donors (Lipinski definition) is 1. The molecule has 0 unspecified atom stereocenters. The van der Waals surface area contributed by atoms with E-state index in [9.17, 15) is 0 Å². The first-order valence-electron chi connectivity index (χ1n) is 5.90. The third kappa shape index (κ3) is 1.47. The topological polar surface area (TPSA) is 52.0 Å². The van der Waals surface area contributed by atoms with Crippen LogP contribution in [0.15, 0.2) is 16.5 Å². The van der Waals surface area contributed by atoms with Gasteiger partial charge in [0, 0.05) is 5.92 Å². The summed E-state index contributed by atoms with van der Waals surface area (Å²) in [5, 5.41) is 0. The largest absolute Gasteiger partial charge is 0.438 e. The standard InChI is InChI=1S/C13H16N2O/c1-8-6-10(14)12-11(7-8)15-13(16-12)9-4-2-3-5-9/h6-7,9H,2-5,14H2,1H3. The zero-order chi connectivity index (χ0) is 11.1. The Labute approximate surface area is 94.7 Å². The van der Waals surface area contributed by atoms with Crippen molar-refractivity contribution >= 4 is 16.8 Å². The molecule has 1 aliphatic carbocycles. The molecule has 1 saturated carbocycles. The van der Waals surface area contributed by atoms with Crippen molar-refractivity contribution in [2.75, 3.05) is 5.73 Å². The van der Waals surface area contributed by atoms with E-state index in [0.717, 1.165) is 22.6 Å². The molecule has 0 bridgehead atoms. The SMILES string of the molecule is Cc1cc(N)c2oc(C3CCCC3)nc2c1. The van der Waals surface area contributed by atoms with E-state index in [0.29, 0.717) is 11.6 Å². The first kappa shape index (κ1) is 9.70. The second kappa shape index (κ2) is 3.51. The summed E-state index contributed by atoms with van der Waals surface area (Å²) in [6.45, 7) is 2.03. The summed E-state index contributed by atoms with van der Waals surface area (Å²) in [6, 6.07) is 3.97. The molecule has 1 heterocycles. The van der Waals surface area contributed by atoms with E-state index in [-0.39, 0.29) is 0 Å². The summed E-state index contributed by atoms with van der Waals surface area (Å²) in [4.78, 5) is 4.57. The Hall–Kier alpha value is -1.51. The van der Waals surface area contributed by atoms with Gasteiger partial charge in [0.2, 0.25) is 0 Å². The number of fused-ring (bicyclic) bond motifs is 1. The second-order valence-corrected chi connectivity index (χ2v) is 4.74. The maximum absolute atomic E-state index is 5.94. The highest BCUT2D eigenvalue weighted by molar-refractivity contribution is 5.85. The molecule has 0 spiro atoms. The van der Waals surface area contributed by atoms with E-state index in [1.807, 2.05) is 19.1 Å². The number of nitrogen functional groups attached to an aromatic ring is 1. The molecular formula is C13H16N2O. The Morgan fingerprint density at radius 1 is 1.31 bits per heavy atom. The molecule has 0 atom stereocenters. The van der Waals surface area contributed by atoms with Crippen molar-refractivity contribution < 1.29 is 4.42 Å². The van der Waals surface area contributed by atoms with Crippen molar-refractivity contribution in [1.29, 1.82) is 0 Å². The Kier molecular flexibility index (Phi) is 2.13. The van der Waals surface area contributed by atoms with Gasteiger partial charge >= 0.3 is 0 Å². The molecular weight excluding hydrogens is 200 g/mol. The summed E-state index contributed by atoms with van der Waals surface area (Å²) in [5.74, 6) is 1.39. The van der Waals surface area contributed by atoms with Crippen LogP contribution in [0.3, 0.4) is 0 Å². The first-order valence-corrected chi connectivity index (χ1v) is 5.90. The lowest BCUT2D eigenvalue weighted by Crippen LogP contribution is -1.90. The van der Waals surface area contributed by atoms with Gasteiger partial charge in [-0.3, -0.25) is 0 Å². The summed E-state index contributed by atoms with van der Waals surface area (Å²) in [7, 11) is 0. The zero-order valence-corrected chi connectivity index (χ0v) is 9.49. The predicted octanol–water partition coefficient (Wildman–Crippen LogP) is 3.38. The number of anilines is 1. The minimum Gasteiger partial charge on any atom is -0.438 e. The molecule has 16 heavy (non-hydrogen) atoms. The lowest BCUT2D eigenvalue weighted by molar-refractivity contribution is 0.475. The smallest absolute Gasteiger partial charge is 0.198 e. The van der Waals surface area contributed by atoms with Crippen LogP contribution < -0.4 is 5.73 Å². The van der Waals surface area contributed by atoms with Crippen molar-refractivity contribution in [2.45, 2.75) is 38.5 Å².